The molecule has 1 fully saturated rings. The predicted octanol–water partition coefficient (Wildman–Crippen LogP) is 2.65. The number of sulfone groups is 1. The van der Waals surface area contributed by atoms with Crippen LogP contribution in [0.4, 0.5) is 0 Å². The molecule has 0 aromatic heterocycles. The SMILES string of the molecule is CC(C)Cc1ccc(C(C)NC(=O)C2(S(C)(=O)=O)CCNCC2)cc1.Cl. The molecule has 1 atom stereocenters. The van der Waals surface area contributed by atoms with E-state index in [-0.39, 0.29) is 24.4 Å². The van der Waals surface area contributed by atoms with Crippen molar-refractivity contribution >= 4 is 28.2 Å². The summed E-state index contributed by atoms with van der Waals surface area (Å²) in [5.74, 6) is 0.216. The van der Waals surface area contributed by atoms with Crippen molar-refractivity contribution in [1.29, 1.82) is 0 Å². The van der Waals surface area contributed by atoms with Crippen LogP contribution >= 0.6 is 12.4 Å². The maximum atomic E-state index is 12.8. The van der Waals surface area contributed by atoms with Gasteiger partial charge >= 0.3 is 0 Å². The minimum absolute atomic E-state index is 0. The predicted molar refractivity (Wildman–Crippen MR) is 108 cm³/mol. The fourth-order valence-electron chi connectivity index (χ4n) is 3.42. The summed E-state index contributed by atoms with van der Waals surface area (Å²) in [5, 5.41) is 6.06. The lowest BCUT2D eigenvalue weighted by Crippen LogP contribution is -2.57. The lowest BCUT2D eigenvalue weighted by molar-refractivity contribution is -0.125. The van der Waals surface area contributed by atoms with Crippen molar-refractivity contribution in [3.63, 3.8) is 0 Å². The molecule has 1 aliphatic heterocycles. The Morgan fingerprint density at radius 1 is 1.15 bits per heavy atom. The number of hydrogen-bond acceptors (Lipinski definition) is 4. The van der Waals surface area contributed by atoms with Gasteiger partial charge in [-0.15, -0.1) is 12.4 Å². The number of carbonyl (C=O) groups is 1. The highest BCUT2D eigenvalue weighted by atomic mass is 35.5. The van der Waals surface area contributed by atoms with Crippen molar-refractivity contribution in [3.05, 3.63) is 35.4 Å². The van der Waals surface area contributed by atoms with E-state index >= 15 is 0 Å². The van der Waals surface area contributed by atoms with E-state index in [4.69, 9.17) is 0 Å². The summed E-state index contributed by atoms with van der Waals surface area (Å²) < 4.78 is 23.3. The van der Waals surface area contributed by atoms with Crippen molar-refractivity contribution in [2.24, 2.45) is 5.92 Å². The van der Waals surface area contributed by atoms with Crippen LogP contribution in [0.1, 0.15) is 50.8 Å². The molecular formula is C19H31ClN2O3S. The highest BCUT2D eigenvalue weighted by Gasteiger charge is 2.48. The third kappa shape index (κ3) is 5.21. The standard InChI is InChI=1S/C19H30N2O3S.ClH/c1-14(2)13-16-5-7-17(8-6-16)15(3)21-18(22)19(25(4,23)24)9-11-20-12-10-19;/h5-8,14-15,20H,9-13H2,1-4H3,(H,21,22);1H. The van der Waals surface area contributed by atoms with Crippen molar-refractivity contribution in [3.8, 4) is 0 Å². The van der Waals surface area contributed by atoms with Crippen molar-refractivity contribution in [2.45, 2.75) is 50.8 Å². The highest BCUT2D eigenvalue weighted by molar-refractivity contribution is 7.92. The molecule has 148 valence electrons. The second kappa shape index (κ2) is 9.20. The normalized spacial score (nSPS) is 18.0. The zero-order chi connectivity index (χ0) is 18.7. The molecule has 0 spiro atoms. The molecule has 1 aromatic carbocycles. The Balaban J connectivity index is 0.00000338. The molecule has 5 nitrogen and oxygen atoms in total. The molecule has 0 bridgehead atoms. The molecule has 2 N–H and O–H groups in total. The third-order valence-corrected chi connectivity index (χ3v) is 7.02. The fourth-order valence-corrected chi connectivity index (χ4v) is 4.76. The number of amides is 1. The fraction of sp³-hybridized carbons (Fsp3) is 0.632. The molecule has 0 aliphatic carbocycles. The Kier molecular flexibility index (Phi) is 8.11. The Morgan fingerprint density at radius 2 is 1.69 bits per heavy atom. The van der Waals surface area contributed by atoms with Gasteiger partial charge in [0.05, 0.1) is 6.04 Å². The Hall–Kier alpha value is -1.11. The van der Waals surface area contributed by atoms with Crippen molar-refractivity contribution < 1.29 is 13.2 Å². The molecule has 0 radical (unpaired) electrons. The molecular weight excluding hydrogens is 372 g/mol. The van der Waals surface area contributed by atoms with E-state index in [0.717, 1.165) is 12.0 Å². The molecule has 1 saturated heterocycles. The van der Waals surface area contributed by atoms with Gasteiger partial charge in [-0.25, -0.2) is 8.42 Å². The van der Waals surface area contributed by atoms with E-state index in [1.807, 2.05) is 19.1 Å². The van der Waals surface area contributed by atoms with Crippen LogP contribution in [-0.4, -0.2) is 38.4 Å². The van der Waals surface area contributed by atoms with Gasteiger partial charge in [-0.3, -0.25) is 4.79 Å². The molecule has 7 heteroatoms. The number of carbonyl (C=O) groups excluding carboxylic acids is 1. The lowest BCUT2D eigenvalue weighted by Gasteiger charge is -2.35. The van der Waals surface area contributed by atoms with Gasteiger partial charge in [0.2, 0.25) is 5.91 Å². The summed E-state index contributed by atoms with van der Waals surface area (Å²) in [4.78, 5) is 12.8. The molecule has 1 aromatic rings. The Labute approximate surface area is 163 Å². The molecule has 1 unspecified atom stereocenters. The largest absolute Gasteiger partial charge is 0.348 e. The van der Waals surface area contributed by atoms with Crippen LogP contribution in [0.2, 0.25) is 0 Å². The quantitative estimate of drug-likeness (QED) is 0.767. The van der Waals surface area contributed by atoms with Crippen LogP contribution in [0.25, 0.3) is 0 Å². The second-order valence-electron chi connectivity index (χ2n) is 7.55. The number of nitrogens with one attached hydrogen (secondary N) is 2. The molecule has 26 heavy (non-hydrogen) atoms. The van der Waals surface area contributed by atoms with Gasteiger partial charge in [0.25, 0.3) is 0 Å². The molecule has 1 amide bonds. The van der Waals surface area contributed by atoms with Crippen LogP contribution in [0.15, 0.2) is 24.3 Å². The average Bonchev–Trinajstić information content (AvgIpc) is 2.54. The number of rotatable bonds is 6. The van der Waals surface area contributed by atoms with Gasteiger partial charge < -0.3 is 10.6 Å². The highest BCUT2D eigenvalue weighted by Crippen LogP contribution is 2.29. The van der Waals surface area contributed by atoms with E-state index in [9.17, 15) is 13.2 Å². The summed E-state index contributed by atoms with van der Waals surface area (Å²) in [7, 11) is -3.49. The van der Waals surface area contributed by atoms with Crippen molar-refractivity contribution in [2.75, 3.05) is 19.3 Å². The number of hydrogen-bond donors (Lipinski definition) is 2. The summed E-state index contributed by atoms with van der Waals surface area (Å²) >= 11 is 0. The van der Waals surface area contributed by atoms with Gasteiger partial charge in [-0.05, 0) is 56.3 Å². The summed E-state index contributed by atoms with van der Waals surface area (Å²) in [6.07, 6.45) is 2.82. The zero-order valence-electron chi connectivity index (χ0n) is 16.0. The number of piperidine rings is 1. The van der Waals surface area contributed by atoms with Crippen LogP contribution in [0.5, 0.6) is 0 Å². The minimum Gasteiger partial charge on any atom is -0.348 e. The number of halogens is 1. The van der Waals surface area contributed by atoms with Gasteiger partial charge in [-0.1, -0.05) is 38.1 Å². The Bertz CT molecular complexity index is 696. The lowest BCUT2D eigenvalue weighted by atomic mass is 9.94. The first-order valence-electron chi connectivity index (χ1n) is 8.96. The monoisotopic (exact) mass is 402 g/mol. The topological polar surface area (TPSA) is 75.3 Å². The molecule has 2 rings (SSSR count). The molecule has 1 aliphatic rings. The smallest absolute Gasteiger partial charge is 0.242 e. The van der Waals surface area contributed by atoms with Crippen molar-refractivity contribution in [1.82, 2.24) is 10.6 Å². The molecule has 1 heterocycles. The van der Waals surface area contributed by atoms with Crippen LogP contribution in [0.3, 0.4) is 0 Å². The van der Waals surface area contributed by atoms with Gasteiger partial charge in [-0.2, -0.15) is 0 Å². The molecule has 0 saturated carbocycles. The van der Waals surface area contributed by atoms with Gasteiger partial charge in [0, 0.05) is 6.26 Å². The second-order valence-corrected chi connectivity index (χ2v) is 9.88. The van der Waals surface area contributed by atoms with E-state index < -0.39 is 14.6 Å². The van der Waals surface area contributed by atoms with Gasteiger partial charge in [0.15, 0.2) is 14.6 Å². The van der Waals surface area contributed by atoms with E-state index in [2.05, 4.69) is 36.6 Å². The third-order valence-electron chi connectivity index (χ3n) is 5.01. The summed E-state index contributed by atoms with van der Waals surface area (Å²) in [5.41, 5.74) is 2.25. The first kappa shape index (κ1) is 22.9. The maximum Gasteiger partial charge on any atom is 0.242 e. The van der Waals surface area contributed by atoms with Crippen LogP contribution in [0, 0.1) is 5.92 Å². The minimum atomic E-state index is -3.49. The Morgan fingerprint density at radius 3 is 2.15 bits per heavy atom. The maximum absolute atomic E-state index is 12.8. The van der Waals surface area contributed by atoms with Crippen LogP contribution in [-0.2, 0) is 21.1 Å². The zero-order valence-corrected chi connectivity index (χ0v) is 17.7. The van der Waals surface area contributed by atoms with E-state index in [0.29, 0.717) is 31.8 Å². The van der Waals surface area contributed by atoms with E-state index in [1.54, 1.807) is 0 Å². The number of benzene rings is 1. The average molecular weight is 403 g/mol. The van der Waals surface area contributed by atoms with E-state index in [1.165, 1.54) is 11.8 Å². The van der Waals surface area contributed by atoms with Crippen LogP contribution < -0.4 is 10.6 Å². The first-order valence-corrected chi connectivity index (χ1v) is 10.8. The van der Waals surface area contributed by atoms with Gasteiger partial charge in [0.1, 0.15) is 0 Å². The first-order chi connectivity index (χ1) is 11.7. The summed E-state index contributed by atoms with van der Waals surface area (Å²) in [6.45, 7) is 7.34. The summed E-state index contributed by atoms with van der Waals surface area (Å²) in [6, 6.07) is 7.95.